The van der Waals surface area contributed by atoms with Crippen molar-refractivity contribution in [3.8, 4) is 0 Å². The van der Waals surface area contributed by atoms with Gasteiger partial charge in [0, 0.05) is 5.92 Å². The van der Waals surface area contributed by atoms with Gasteiger partial charge in [0.25, 0.3) is 0 Å². The molecular formula is C10H14O. The fraction of sp³-hybridized carbons (Fsp3) is 0.500. The molecule has 1 rings (SSSR count). The summed E-state index contributed by atoms with van der Waals surface area (Å²) in [6.07, 6.45) is 6.14. The van der Waals surface area contributed by atoms with Gasteiger partial charge in [0.1, 0.15) is 6.29 Å². The Balaban J connectivity index is 2.57. The van der Waals surface area contributed by atoms with E-state index in [1.807, 2.05) is 6.92 Å². The molecule has 0 radical (unpaired) electrons. The van der Waals surface area contributed by atoms with E-state index in [4.69, 9.17) is 0 Å². The molecule has 11 heavy (non-hydrogen) atoms. The minimum atomic E-state index is 0.262. The van der Waals surface area contributed by atoms with Crippen molar-refractivity contribution in [2.45, 2.75) is 26.2 Å². The Morgan fingerprint density at radius 2 is 2.55 bits per heavy atom. The molecule has 0 aromatic heterocycles. The smallest absolute Gasteiger partial charge is 0.123 e. The predicted molar refractivity (Wildman–Crippen MR) is 46.3 cm³/mol. The summed E-state index contributed by atoms with van der Waals surface area (Å²) in [5, 5.41) is 0. The minimum Gasteiger partial charge on any atom is -0.303 e. The van der Waals surface area contributed by atoms with Crippen molar-refractivity contribution in [3.63, 3.8) is 0 Å². The van der Waals surface area contributed by atoms with Crippen molar-refractivity contribution in [1.82, 2.24) is 0 Å². The van der Waals surface area contributed by atoms with Crippen LogP contribution in [0.2, 0.25) is 0 Å². The normalized spacial score (nSPS) is 24.1. The molecular weight excluding hydrogens is 136 g/mol. The monoisotopic (exact) mass is 150 g/mol. The number of hydrogen-bond donors (Lipinski definition) is 0. The molecule has 0 saturated carbocycles. The van der Waals surface area contributed by atoms with E-state index in [0.717, 1.165) is 31.1 Å². The molecule has 0 fully saturated rings. The zero-order valence-corrected chi connectivity index (χ0v) is 6.97. The molecule has 0 aromatic rings. The number of allylic oxidation sites excluding steroid dienone is 3. The highest BCUT2D eigenvalue weighted by molar-refractivity contribution is 5.54. The number of carbonyl (C=O) groups excluding carboxylic acids is 1. The molecule has 1 heteroatoms. The molecule has 1 aliphatic carbocycles. The van der Waals surface area contributed by atoms with Gasteiger partial charge in [-0.05, 0) is 31.8 Å². The molecule has 0 heterocycles. The van der Waals surface area contributed by atoms with Gasteiger partial charge in [-0.3, -0.25) is 0 Å². The van der Waals surface area contributed by atoms with Gasteiger partial charge in [0.2, 0.25) is 0 Å². The first-order chi connectivity index (χ1) is 5.24. The van der Waals surface area contributed by atoms with E-state index in [1.54, 1.807) is 0 Å². The van der Waals surface area contributed by atoms with Crippen LogP contribution < -0.4 is 0 Å². The summed E-state index contributed by atoms with van der Waals surface area (Å²) in [6.45, 7) is 5.89. The SMILES string of the molecule is C=C(C)C1=CCC(C=O)CC1. The molecule has 1 unspecified atom stereocenters. The van der Waals surface area contributed by atoms with Crippen LogP contribution in [0, 0.1) is 5.92 Å². The van der Waals surface area contributed by atoms with E-state index >= 15 is 0 Å². The zero-order valence-electron chi connectivity index (χ0n) is 6.97. The molecule has 0 aromatic carbocycles. The maximum atomic E-state index is 10.4. The first kappa shape index (κ1) is 8.25. The molecule has 0 spiro atoms. The highest BCUT2D eigenvalue weighted by Gasteiger charge is 2.12. The fourth-order valence-electron chi connectivity index (χ4n) is 1.37. The first-order valence-corrected chi connectivity index (χ1v) is 4.04. The summed E-state index contributed by atoms with van der Waals surface area (Å²) >= 11 is 0. The lowest BCUT2D eigenvalue weighted by Crippen LogP contribution is -2.06. The van der Waals surface area contributed by atoms with Gasteiger partial charge in [-0.1, -0.05) is 18.2 Å². The average molecular weight is 150 g/mol. The van der Waals surface area contributed by atoms with Crippen molar-refractivity contribution in [1.29, 1.82) is 0 Å². The van der Waals surface area contributed by atoms with Crippen LogP contribution in [-0.2, 0) is 4.79 Å². The van der Waals surface area contributed by atoms with E-state index in [0.29, 0.717) is 0 Å². The van der Waals surface area contributed by atoms with Crippen LogP contribution in [0.5, 0.6) is 0 Å². The molecule has 0 bridgehead atoms. The van der Waals surface area contributed by atoms with Gasteiger partial charge >= 0.3 is 0 Å². The summed E-state index contributed by atoms with van der Waals surface area (Å²) < 4.78 is 0. The largest absolute Gasteiger partial charge is 0.303 e. The lowest BCUT2D eigenvalue weighted by molar-refractivity contribution is -0.111. The maximum absolute atomic E-state index is 10.4. The van der Waals surface area contributed by atoms with E-state index in [-0.39, 0.29) is 5.92 Å². The van der Waals surface area contributed by atoms with Gasteiger partial charge in [-0.15, -0.1) is 0 Å². The molecule has 0 aliphatic heterocycles. The summed E-state index contributed by atoms with van der Waals surface area (Å²) in [5.74, 6) is 0.262. The maximum Gasteiger partial charge on any atom is 0.123 e. The van der Waals surface area contributed by atoms with Gasteiger partial charge in [0.05, 0.1) is 0 Å². The van der Waals surface area contributed by atoms with E-state index < -0.39 is 0 Å². The van der Waals surface area contributed by atoms with Crippen molar-refractivity contribution in [3.05, 3.63) is 23.8 Å². The minimum absolute atomic E-state index is 0.262. The standard InChI is InChI=1S/C10H14O/c1-8(2)10-5-3-9(7-11)4-6-10/h5,7,9H,1,3-4,6H2,2H3. The molecule has 1 atom stereocenters. The summed E-state index contributed by atoms with van der Waals surface area (Å²) in [6, 6.07) is 0. The molecule has 1 aliphatic rings. The Morgan fingerprint density at radius 1 is 1.82 bits per heavy atom. The Bertz CT molecular complexity index is 201. The average Bonchev–Trinajstić information content (AvgIpc) is 2.05. The van der Waals surface area contributed by atoms with Crippen LogP contribution in [0.25, 0.3) is 0 Å². The highest BCUT2D eigenvalue weighted by Crippen LogP contribution is 2.25. The number of hydrogen-bond acceptors (Lipinski definition) is 1. The third kappa shape index (κ3) is 2.04. The Kier molecular flexibility index (Phi) is 2.64. The van der Waals surface area contributed by atoms with Crippen LogP contribution >= 0.6 is 0 Å². The molecule has 1 nitrogen and oxygen atoms in total. The van der Waals surface area contributed by atoms with Crippen LogP contribution in [-0.4, -0.2) is 6.29 Å². The lowest BCUT2D eigenvalue weighted by Gasteiger charge is -2.16. The van der Waals surface area contributed by atoms with Crippen molar-refractivity contribution >= 4 is 6.29 Å². The van der Waals surface area contributed by atoms with Gasteiger partial charge in [0.15, 0.2) is 0 Å². The number of rotatable bonds is 2. The second-order valence-corrected chi connectivity index (χ2v) is 3.18. The van der Waals surface area contributed by atoms with Gasteiger partial charge in [-0.25, -0.2) is 0 Å². The Hall–Kier alpha value is -0.850. The molecule has 0 N–H and O–H groups in total. The van der Waals surface area contributed by atoms with Crippen LogP contribution in [0.1, 0.15) is 26.2 Å². The third-order valence-electron chi connectivity index (χ3n) is 2.19. The molecule has 0 saturated heterocycles. The summed E-state index contributed by atoms with van der Waals surface area (Å²) in [7, 11) is 0. The molecule has 0 amide bonds. The Labute approximate surface area is 67.8 Å². The highest BCUT2D eigenvalue weighted by atomic mass is 16.1. The fourth-order valence-corrected chi connectivity index (χ4v) is 1.37. The second kappa shape index (κ2) is 3.51. The van der Waals surface area contributed by atoms with Gasteiger partial charge in [-0.2, -0.15) is 0 Å². The van der Waals surface area contributed by atoms with Crippen LogP contribution in [0.4, 0.5) is 0 Å². The van der Waals surface area contributed by atoms with Gasteiger partial charge < -0.3 is 4.79 Å². The van der Waals surface area contributed by atoms with E-state index in [9.17, 15) is 4.79 Å². The zero-order chi connectivity index (χ0) is 8.27. The van der Waals surface area contributed by atoms with E-state index in [1.165, 1.54) is 5.57 Å². The third-order valence-corrected chi connectivity index (χ3v) is 2.19. The summed E-state index contributed by atoms with van der Waals surface area (Å²) in [4.78, 5) is 10.4. The molecule has 60 valence electrons. The quantitative estimate of drug-likeness (QED) is 0.553. The van der Waals surface area contributed by atoms with Crippen molar-refractivity contribution in [2.75, 3.05) is 0 Å². The number of aldehydes is 1. The first-order valence-electron chi connectivity index (χ1n) is 4.04. The van der Waals surface area contributed by atoms with Crippen LogP contribution in [0.15, 0.2) is 23.8 Å². The van der Waals surface area contributed by atoms with Crippen molar-refractivity contribution in [2.24, 2.45) is 5.92 Å². The van der Waals surface area contributed by atoms with Crippen LogP contribution in [0.3, 0.4) is 0 Å². The predicted octanol–water partition coefficient (Wildman–Crippen LogP) is 2.49. The topological polar surface area (TPSA) is 17.1 Å². The van der Waals surface area contributed by atoms with E-state index in [2.05, 4.69) is 12.7 Å². The lowest BCUT2D eigenvalue weighted by atomic mass is 9.88. The second-order valence-electron chi connectivity index (χ2n) is 3.18. The van der Waals surface area contributed by atoms with Crippen molar-refractivity contribution < 1.29 is 4.79 Å². The summed E-state index contributed by atoms with van der Waals surface area (Å²) in [5.41, 5.74) is 2.48. The number of carbonyl (C=O) groups is 1. The Morgan fingerprint density at radius 3 is 2.91 bits per heavy atom.